The van der Waals surface area contributed by atoms with Crippen LogP contribution in [0, 0.1) is 23.2 Å². The molecule has 3 nitrogen and oxygen atoms in total. The molecule has 2 saturated carbocycles. The van der Waals surface area contributed by atoms with Gasteiger partial charge in [0.2, 0.25) is 5.91 Å². The first-order valence-electron chi connectivity index (χ1n) is 9.17. The van der Waals surface area contributed by atoms with Crippen LogP contribution in [0.4, 0.5) is 0 Å². The summed E-state index contributed by atoms with van der Waals surface area (Å²) in [5.41, 5.74) is 3.36. The summed E-state index contributed by atoms with van der Waals surface area (Å²) in [5.74, 6) is 3.87. The molecule has 1 saturated heterocycles. The number of benzene rings is 1. The summed E-state index contributed by atoms with van der Waals surface area (Å²) in [6, 6.07) is 6.69. The smallest absolute Gasteiger partial charge is 0.223 e. The molecule has 4 aliphatic rings. The molecular formula is C20H27NO2. The topological polar surface area (TPSA) is 38.3 Å². The molecule has 5 unspecified atom stereocenters. The van der Waals surface area contributed by atoms with Gasteiger partial charge < -0.3 is 10.1 Å². The fourth-order valence-electron chi connectivity index (χ4n) is 6.61. The molecule has 5 atom stereocenters. The standard InChI is InChI=1S/C20H25NO2.H2/c1-23-13-3-5-14-12(10-13)2-4-16-15(14)8-9-20-11-21-19(22)18(20)7-6-17(16)20;/h3,5,10,15-18H,2,4,6-9,11H2,1H3,(H,21,22);1H. The molecule has 124 valence electrons. The van der Waals surface area contributed by atoms with Gasteiger partial charge >= 0.3 is 0 Å². The highest BCUT2D eigenvalue weighted by molar-refractivity contribution is 5.82. The Bertz CT molecular complexity index is 676. The Labute approximate surface area is 139 Å². The number of carbonyl (C=O) groups excluding carboxylic acids is 1. The van der Waals surface area contributed by atoms with E-state index in [1.165, 1.54) is 37.7 Å². The quantitative estimate of drug-likeness (QED) is 0.861. The van der Waals surface area contributed by atoms with E-state index in [9.17, 15) is 4.79 Å². The maximum absolute atomic E-state index is 12.2. The summed E-state index contributed by atoms with van der Waals surface area (Å²) >= 11 is 0. The molecular weight excluding hydrogens is 286 g/mol. The van der Waals surface area contributed by atoms with Gasteiger partial charge in [-0.25, -0.2) is 0 Å². The van der Waals surface area contributed by atoms with Crippen molar-refractivity contribution in [2.75, 3.05) is 13.7 Å². The molecule has 1 aromatic rings. The molecule has 23 heavy (non-hydrogen) atoms. The van der Waals surface area contributed by atoms with Gasteiger partial charge in [-0.3, -0.25) is 4.79 Å². The molecule has 0 radical (unpaired) electrons. The lowest BCUT2D eigenvalue weighted by molar-refractivity contribution is -0.124. The predicted octanol–water partition coefficient (Wildman–Crippen LogP) is 3.52. The maximum Gasteiger partial charge on any atom is 0.223 e. The van der Waals surface area contributed by atoms with Crippen molar-refractivity contribution in [3.63, 3.8) is 0 Å². The van der Waals surface area contributed by atoms with Gasteiger partial charge in [0, 0.05) is 19.3 Å². The van der Waals surface area contributed by atoms with Gasteiger partial charge in [-0.2, -0.15) is 0 Å². The second kappa shape index (κ2) is 4.75. The second-order valence-corrected chi connectivity index (χ2v) is 8.10. The van der Waals surface area contributed by atoms with Crippen molar-refractivity contribution in [3.05, 3.63) is 29.3 Å². The number of carbonyl (C=O) groups is 1. The Balaban J connectivity index is 0.00000146. The Morgan fingerprint density at radius 3 is 3.04 bits per heavy atom. The van der Waals surface area contributed by atoms with Gasteiger partial charge in [-0.05, 0) is 79.5 Å². The first kappa shape index (κ1) is 13.9. The highest BCUT2D eigenvalue weighted by Gasteiger charge is 2.61. The Kier molecular flexibility index (Phi) is 2.87. The molecule has 1 N–H and O–H groups in total. The summed E-state index contributed by atoms with van der Waals surface area (Å²) < 4.78 is 5.41. The van der Waals surface area contributed by atoms with Crippen LogP contribution >= 0.6 is 0 Å². The van der Waals surface area contributed by atoms with E-state index < -0.39 is 0 Å². The molecule has 0 bridgehead atoms. The van der Waals surface area contributed by atoms with Crippen LogP contribution in [-0.2, 0) is 11.2 Å². The molecule has 3 heteroatoms. The number of hydrogen-bond donors (Lipinski definition) is 1. The number of methoxy groups -OCH3 is 1. The summed E-state index contributed by atoms with van der Waals surface area (Å²) in [5, 5.41) is 3.19. The van der Waals surface area contributed by atoms with Crippen LogP contribution in [0.1, 0.15) is 50.6 Å². The lowest BCUT2D eigenvalue weighted by atomic mass is 9.54. The van der Waals surface area contributed by atoms with Gasteiger partial charge in [0.05, 0.1) is 7.11 Å². The van der Waals surface area contributed by atoms with Crippen molar-refractivity contribution in [1.82, 2.24) is 5.32 Å². The fourth-order valence-corrected chi connectivity index (χ4v) is 6.61. The number of hydrogen-bond acceptors (Lipinski definition) is 2. The second-order valence-electron chi connectivity index (χ2n) is 8.10. The third-order valence-corrected chi connectivity index (χ3v) is 7.56. The predicted molar refractivity (Wildman–Crippen MR) is 90.6 cm³/mol. The van der Waals surface area contributed by atoms with Crippen LogP contribution in [0.3, 0.4) is 0 Å². The highest BCUT2D eigenvalue weighted by atomic mass is 16.5. The molecule has 1 aromatic carbocycles. The Morgan fingerprint density at radius 1 is 1.26 bits per heavy atom. The largest absolute Gasteiger partial charge is 0.497 e. The maximum atomic E-state index is 12.2. The molecule has 3 aliphatic carbocycles. The van der Waals surface area contributed by atoms with Crippen molar-refractivity contribution in [1.29, 1.82) is 0 Å². The molecule has 0 aromatic heterocycles. The molecule has 1 amide bonds. The van der Waals surface area contributed by atoms with E-state index in [0.717, 1.165) is 30.6 Å². The lowest BCUT2D eigenvalue weighted by Gasteiger charge is -2.50. The first-order chi connectivity index (χ1) is 11.2. The molecule has 1 spiro atoms. The molecule has 1 aliphatic heterocycles. The van der Waals surface area contributed by atoms with Crippen molar-refractivity contribution in [2.24, 2.45) is 23.2 Å². The van der Waals surface area contributed by atoms with E-state index in [0.29, 0.717) is 23.2 Å². The number of ether oxygens (including phenoxy) is 1. The third-order valence-electron chi connectivity index (χ3n) is 7.56. The normalized spacial score (nSPS) is 40.7. The minimum Gasteiger partial charge on any atom is -0.497 e. The van der Waals surface area contributed by atoms with Crippen LogP contribution in [0.15, 0.2) is 18.2 Å². The Hall–Kier alpha value is -1.51. The van der Waals surface area contributed by atoms with E-state index in [-0.39, 0.29) is 1.43 Å². The molecule has 3 fully saturated rings. The summed E-state index contributed by atoms with van der Waals surface area (Å²) in [6.07, 6.45) is 7.34. The van der Waals surface area contributed by atoms with E-state index in [1.54, 1.807) is 12.7 Å². The zero-order valence-electron chi connectivity index (χ0n) is 13.8. The van der Waals surface area contributed by atoms with Crippen molar-refractivity contribution < 1.29 is 11.0 Å². The average Bonchev–Trinajstić information content (AvgIpc) is 3.11. The highest BCUT2D eigenvalue weighted by Crippen LogP contribution is 2.64. The molecule has 1 heterocycles. The van der Waals surface area contributed by atoms with Gasteiger partial charge in [0.1, 0.15) is 5.75 Å². The fraction of sp³-hybridized carbons (Fsp3) is 0.650. The van der Waals surface area contributed by atoms with Crippen molar-refractivity contribution in [3.8, 4) is 5.75 Å². The van der Waals surface area contributed by atoms with Crippen molar-refractivity contribution in [2.45, 2.75) is 44.4 Å². The van der Waals surface area contributed by atoms with Gasteiger partial charge in [-0.1, -0.05) is 6.07 Å². The van der Waals surface area contributed by atoms with Crippen LogP contribution in [-0.4, -0.2) is 19.6 Å². The number of nitrogens with one attached hydrogen (secondary N) is 1. The van der Waals surface area contributed by atoms with Crippen LogP contribution in [0.5, 0.6) is 5.75 Å². The Morgan fingerprint density at radius 2 is 2.17 bits per heavy atom. The minimum atomic E-state index is 0. The van der Waals surface area contributed by atoms with Crippen LogP contribution in [0.25, 0.3) is 0 Å². The monoisotopic (exact) mass is 313 g/mol. The zero-order chi connectivity index (χ0) is 15.6. The number of aryl methyl sites for hydroxylation is 1. The third kappa shape index (κ3) is 1.74. The van der Waals surface area contributed by atoms with E-state index >= 15 is 0 Å². The number of fused-ring (bicyclic) bond motifs is 4. The summed E-state index contributed by atoms with van der Waals surface area (Å²) in [7, 11) is 1.75. The van der Waals surface area contributed by atoms with Gasteiger partial charge in [0.15, 0.2) is 0 Å². The van der Waals surface area contributed by atoms with Crippen LogP contribution < -0.4 is 10.1 Å². The number of amides is 1. The van der Waals surface area contributed by atoms with E-state index in [2.05, 4.69) is 23.5 Å². The summed E-state index contributed by atoms with van der Waals surface area (Å²) in [4.78, 5) is 12.2. The van der Waals surface area contributed by atoms with Gasteiger partial charge in [0.25, 0.3) is 0 Å². The molecule has 5 rings (SSSR count). The SMILES string of the molecule is COc1ccc2c(c1)CCC1C2CCC23CNC(=O)C2CCC13.[HH]. The summed E-state index contributed by atoms with van der Waals surface area (Å²) in [6.45, 7) is 0.944. The average molecular weight is 313 g/mol. The first-order valence-corrected chi connectivity index (χ1v) is 9.17. The van der Waals surface area contributed by atoms with Crippen LogP contribution in [0.2, 0.25) is 0 Å². The van der Waals surface area contributed by atoms with E-state index in [4.69, 9.17) is 4.74 Å². The van der Waals surface area contributed by atoms with Gasteiger partial charge in [-0.15, -0.1) is 0 Å². The zero-order valence-corrected chi connectivity index (χ0v) is 13.8. The lowest BCUT2D eigenvalue weighted by Crippen LogP contribution is -2.44. The van der Waals surface area contributed by atoms with E-state index in [1.807, 2.05) is 0 Å². The van der Waals surface area contributed by atoms with Crippen molar-refractivity contribution >= 4 is 5.91 Å². The number of rotatable bonds is 1. The minimum absolute atomic E-state index is 0.